The third-order valence-corrected chi connectivity index (χ3v) is 5.36. The molecule has 0 bridgehead atoms. The molecule has 3 heteroatoms. The molecule has 1 N–H and O–H groups in total. The number of piperazine rings is 1. The summed E-state index contributed by atoms with van der Waals surface area (Å²) in [5.41, 5.74) is 1.38. The summed E-state index contributed by atoms with van der Waals surface area (Å²) in [5, 5.41) is 7.25. The van der Waals surface area contributed by atoms with Crippen molar-refractivity contribution in [2.45, 2.75) is 39.3 Å². The Bertz CT molecular complexity index is 575. The van der Waals surface area contributed by atoms with E-state index in [1.165, 1.54) is 22.2 Å². The second-order valence-corrected chi connectivity index (χ2v) is 7.07. The van der Waals surface area contributed by atoms with Gasteiger partial charge in [0.2, 0.25) is 0 Å². The highest BCUT2D eigenvalue weighted by Crippen LogP contribution is 2.29. The standard InChI is InChI=1S/C17H24N2S/c1-4-14-11-19(16(10-18-14)12(2)3)15-5-6-17-13(9-15)7-8-20-17/h5-9,12,14,16,18H,4,10-11H2,1-3H3. The summed E-state index contributed by atoms with van der Waals surface area (Å²) in [5.74, 6) is 0.665. The molecule has 0 saturated carbocycles. The van der Waals surface area contributed by atoms with Crippen LogP contribution in [0.1, 0.15) is 27.2 Å². The minimum absolute atomic E-state index is 0.592. The van der Waals surface area contributed by atoms with E-state index in [4.69, 9.17) is 0 Å². The molecular weight excluding hydrogens is 264 g/mol. The van der Waals surface area contributed by atoms with Crippen LogP contribution < -0.4 is 10.2 Å². The van der Waals surface area contributed by atoms with Crippen LogP contribution in [-0.2, 0) is 0 Å². The van der Waals surface area contributed by atoms with Crippen molar-refractivity contribution >= 4 is 27.1 Å². The molecule has 2 unspecified atom stereocenters. The fourth-order valence-electron chi connectivity index (χ4n) is 3.13. The lowest BCUT2D eigenvalue weighted by Gasteiger charge is -2.44. The summed E-state index contributed by atoms with van der Waals surface area (Å²) in [6, 6.07) is 10.4. The summed E-state index contributed by atoms with van der Waals surface area (Å²) in [4.78, 5) is 2.62. The maximum absolute atomic E-state index is 3.69. The molecule has 2 atom stereocenters. The first-order valence-electron chi connectivity index (χ1n) is 7.66. The van der Waals surface area contributed by atoms with Gasteiger partial charge in [-0.3, -0.25) is 0 Å². The van der Waals surface area contributed by atoms with Gasteiger partial charge in [-0.05, 0) is 47.4 Å². The highest BCUT2D eigenvalue weighted by atomic mass is 32.1. The molecule has 1 aliphatic rings. The highest BCUT2D eigenvalue weighted by Gasteiger charge is 2.29. The van der Waals surface area contributed by atoms with Gasteiger partial charge in [0.1, 0.15) is 0 Å². The Morgan fingerprint density at radius 2 is 2.20 bits per heavy atom. The van der Waals surface area contributed by atoms with E-state index in [0.717, 1.165) is 13.1 Å². The van der Waals surface area contributed by atoms with Crippen LogP contribution in [-0.4, -0.2) is 25.2 Å². The Labute approximate surface area is 125 Å². The monoisotopic (exact) mass is 288 g/mol. The van der Waals surface area contributed by atoms with Crippen molar-refractivity contribution in [2.75, 3.05) is 18.0 Å². The van der Waals surface area contributed by atoms with Crippen LogP contribution >= 0.6 is 11.3 Å². The van der Waals surface area contributed by atoms with Crippen molar-refractivity contribution < 1.29 is 0 Å². The van der Waals surface area contributed by atoms with Crippen molar-refractivity contribution in [3.8, 4) is 0 Å². The first-order chi connectivity index (χ1) is 9.69. The van der Waals surface area contributed by atoms with Crippen LogP contribution in [0.2, 0.25) is 0 Å². The van der Waals surface area contributed by atoms with Gasteiger partial charge >= 0.3 is 0 Å². The summed E-state index contributed by atoms with van der Waals surface area (Å²) < 4.78 is 1.39. The number of nitrogens with one attached hydrogen (secondary N) is 1. The van der Waals surface area contributed by atoms with Gasteiger partial charge in [0.05, 0.1) is 0 Å². The molecule has 2 aromatic rings. The molecular formula is C17H24N2S. The van der Waals surface area contributed by atoms with Gasteiger partial charge in [-0.1, -0.05) is 20.8 Å². The highest BCUT2D eigenvalue weighted by molar-refractivity contribution is 7.17. The average Bonchev–Trinajstić information content (AvgIpc) is 2.93. The number of nitrogens with zero attached hydrogens (tertiary/aromatic N) is 1. The Morgan fingerprint density at radius 1 is 1.35 bits per heavy atom. The number of anilines is 1. The van der Waals surface area contributed by atoms with Crippen LogP contribution in [0, 0.1) is 5.92 Å². The van der Waals surface area contributed by atoms with Crippen molar-refractivity contribution in [3.05, 3.63) is 29.6 Å². The SMILES string of the molecule is CCC1CN(c2ccc3sccc3c2)C(C(C)C)CN1. The smallest absolute Gasteiger partial charge is 0.0438 e. The lowest BCUT2D eigenvalue weighted by Crippen LogP contribution is -2.58. The van der Waals surface area contributed by atoms with Gasteiger partial charge in [-0.15, -0.1) is 11.3 Å². The number of fused-ring (bicyclic) bond motifs is 1. The first kappa shape index (κ1) is 13.9. The number of hydrogen-bond donors (Lipinski definition) is 1. The van der Waals surface area contributed by atoms with E-state index in [9.17, 15) is 0 Å². The minimum atomic E-state index is 0.592. The van der Waals surface area contributed by atoms with E-state index in [0.29, 0.717) is 18.0 Å². The van der Waals surface area contributed by atoms with Gasteiger partial charge in [-0.25, -0.2) is 0 Å². The molecule has 1 aromatic carbocycles. The maximum Gasteiger partial charge on any atom is 0.0438 e. The zero-order valence-electron chi connectivity index (χ0n) is 12.6. The van der Waals surface area contributed by atoms with Crippen molar-refractivity contribution in [1.29, 1.82) is 0 Å². The summed E-state index contributed by atoms with van der Waals surface area (Å²) >= 11 is 1.82. The van der Waals surface area contributed by atoms with E-state index < -0.39 is 0 Å². The normalized spacial score (nSPS) is 23.7. The van der Waals surface area contributed by atoms with Crippen LogP contribution in [0.5, 0.6) is 0 Å². The predicted octanol–water partition coefficient (Wildman–Crippen LogP) is 4.11. The Morgan fingerprint density at radius 3 is 2.95 bits per heavy atom. The Hall–Kier alpha value is -1.06. The molecule has 0 amide bonds. The lowest BCUT2D eigenvalue weighted by molar-refractivity contribution is 0.333. The van der Waals surface area contributed by atoms with Crippen LogP contribution in [0.4, 0.5) is 5.69 Å². The number of thiophene rings is 1. The van der Waals surface area contributed by atoms with Gasteiger partial charge in [0, 0.05) is 35.6 Å². The van der Waals surface area contributed by atoms with Gasteiger partial charge in [-0.2, -0.15) is 0 Å². The topological polar surface area (TPSA) is 15.3 Å². The quantitative estimate of drug-likeness (QED) is 0.914. The summed E-state index contributed by atoms with van der Waals surface area (Å²) in [7, 11) is 0. The molecule has 0 spiro atoms. The number of hydrogen-bond acceptors (Lipinski definition) is 3. The van der Waals surface area contributed by atoms with Gasteiger partial charge in [0.15, 0.2) is 0 Å². The largest absolute Gasteiger partial charge is 0.365 e. The fourth-order valence-corrected chi connectivity index (χ4v) is 3.90. The second-order valence-electron chi connectivity index (χ2n) is 6.12. The van der Waals surface area contributed by atoms with Crippen molar-refractivity contribution in [2.24, 2.45) is 5.92 Å². The molecule has 1 saturated heterocycles. The first-order valence-corrected chi connectivity index (χ1v) is 8.54. The maximum atomic E-state index is 3.69. The third kappa shape index (κ3) is 2.57. The molecule has 3 rings (SSSR count). The number of benzene rings is 1. The second kappa shape index (κ2) is 5.74. The molecule has 20 heavy (non-hydrogen) atoms. The molecule has 0 aliphatic carbocycles. The van der Waals surface area contributed by atoms with Crippen LogP contribution in [0.3, 0.4) is 0 Å². The molecule has 1 fully saturated rings. The number of rotatable bonds is 3. The summed E-state index contributed by atoms with van der Waals surface area (Å²) in [6.45, 7) is 9.14. The molecule has 2 heterocycles. The fraction of sp³-hybridized carbons (Fsp3) is 0.529. The van der Waals surface area contributed by atoms with Crippen molar-refractivity contribution in [3.63, 3.8) is 0 Å². The van der Waals surface area contributed by atoms with Crippen LogP contribution in [0.25, 0.3) is 10.1 Å². The van der Waals surface area contributed by atoms with E-state index >= 15 is 0 Å². The predicted molar refractivity (Wildman–Crippen MR) is 89.9 cm³/mol. The van der Waals surface area contributed by atoms with E-state index in [-0.39, 0.29) is 0 Å². The zero-order chi connectivity index (χ0) is 14.1. The molecule has 1 aliphatic heterocycles. The summed E-state index contributed by atoms with van der Waals surface area (Å²) in [6.07, 6.45) is 1.20. The van der Waals surface area contributed by atoms with Gasteiger partial charge < -0.3 is 10.2 Å². The lowest BCUT2D eigenvalue weighted by atomic mass is 9.96. The van der Waals surface area contributed by atoms with E-state index in [1.54, 1.807) is 0 Å². The molecule has 0 radical (unpaired) electrons. The average molecular weight is 288 g/mol. The third-order valence-electron chi connectivity index (χ3n) is 4.46. The molecule has 1 aromatic heterocycles. The Kier molecular flexibility index (Phi) is 3.99. The molecule has 108 valence electrons. The van der Waals surface area contributed by atoms with Gasteiger partial charge in [0.25, 0.3) is 0 Å². The molecule has 2 nitrogen and oxygen atoms in total. The Balaban J connectivity index is 1.93. The zero-order valence-corrected chi connectivity index (χ0v) is 13.4. The van der Waals surface area contributed by atoms with Crippen LogP contribution in [0.15, 0.2) is 29.6 Å². The van der Waals surface area contributed by atoms with Crippen molar-refractivity contribution in [1.82, 2.24) is 5.32 Å². The minimum Gasteiger partial charge on any atom is -0.365 e. The van der Waals surface area contributed by atoms with E-state index in [1.807, 2.05) is 11.3 Å². The van der Waals surface area contributed by atoms with E-state index in [2.05, 4.69) is 60.6 Å².